The Hall–Kier alpha value is -1.72. The van der Waals surface area contributed by atoms with Gasteiger partial charge < -0.3 is 5.32 Å². The summed E-state index contributed by atoms with van der Waals surface area (Å²) in [5.41, 5.74) is 4.42. The summed E-state index contributed by atoms with van der Waals surface area (Å²) in [5.74, 6) is 0.682. The molecule has 1 aliphatic rings. The summed E-state index contributed by atoms with van der Waals surface area (Å²) in [7, 11) is 0. The SMILES string of the molecule is CCCCNc1nnc(-c2cc(Cl)c3cc(C4CC4)cc(C(C)(C)C)c3n2)s1. The third kappa shape index (κ3) is 4.01. The van der Waals surface area contributed by atoms with Crippen molar-refractivity contribution in [3.63, 3.8) is 0 Å². The van der Waals surface area contributed by atoms with Gasteiger partial charge in [-0.15, -0.1) is 10.2 Å². The zero-order chi connectivity index (χ0) is 19.9. The van der Waals surface area contributed by atoms with Crippen molar-refractivity contribution in [2.24, 2.45) is 0 Å². The van der Waals surface area contributed by atoms with E-state index in [1.165, 1.54) is 35.3 Å². The number of pyridine rings is 1. The van der Waals surface area contributed by atoms with Crippen LogP contribution in [0, 0.1) is 0 Å². The molecular weight excluding hydrogens is 388 g/mol. The topological polar surface area (TPSA) is 50.7 Å². The Bertz CT molecular complexity index is 1000. The number of halogens is 1. The first-order chi connectivity index (χ1) is 13.4. The highest BCUT2D eigenvalue weighted by atomic mass is 35.5. The van der Waals surface area contributed by atoms with Gasteiger partial charge in [-0.2, -0.15) is 0 Å². The monoisotopic (exact) mass is 414 g/mol. The largest absolute Gasteiger partial charge is 0.360 e. The van der Waals surface area contributed by atoms with Crippen molar-refractivity contribution in [2.75, 3.05) is 11.9 Å². The number of hydrogen-bond acceptors (Lipinski definition) is 5. The normalized spacial score (nSPS) is 14.6. The molecule has 2 heterocycles. The van der Waals surface area contributed by atoms with Crippen molar-refractivity contribution in [1.29, 1.82) is 0 Å². The number of anilines is 1. The van der Waals surface area contributed by atoms with E-state index in [0.29, 0.717) is 5.92 Å². The number of hydrogen-bond donors (Lipinski definition) is 1. The van der Waals surface area contributed by atoms with Gasteiger partial charge in [0.25, 0.3) is 0 Å². The molecule has 1 aliphatic carbocycles. The summed E-state index contributed by atoms with van der Waals surface area (Å²) >= 11 is 8.27. The second kappa shape index (κ2) is 7.60. The maximum absolute atomic E-state index is 6.74. The molecule has 1 saturated carbocycles. The van der Waals surface area contributed by atoms with E-state index < -0.39 is 0 Å². The second-order valence-corrected chi connectivity index (χ2v) is 10.1. The summed E-state index contributed by atoms with van der Waals surface area (Å²) < 4.78 is 0. The Morgan fingerprint density at radius 2 is 1.96 bits per heavy atom. The molecule has 3 aromatic rings. The zero-order valence-electron chi connectivity index (χ0n) is 17.0. The number of rotatable bonds is 6. The van der Waals surface area contributed by atoms with E-state index in [1.807, 2.05) is 6.07 Å². The van der Waals surface area contributed by atoms with E-state index in [-0.39, 0.29) is 5.41 Å². The molecule has 4 nitrogen and oxygen atoms in total. The Labute approximate surface area is 175 Å². The van der Waals surface area contributed by atoms with Crippen LogP contribution in [0.3, 0.4) is 0 Å². The summed E-state index contributed by atoms with van der Waals surface area (Å²) in [6, 6.07) is 6.51. The predicted molar refractivity (Wildman–Crippen MR) is 120 cm³/mol. The molecule has 0 bridgehead atoms. The van der Waals surface area contributed by atoms with Crippen molar-refractivity contribution in [3.05, 3.63) is 34.3 Å². The van der Waals surface area contributed by atoms with Crippen LogP contribution < -0.4 is 5.32 Å². The predicted octanol–water partition coefficient (Wildman–Crippen LogP) is 6.79. The molecule has 0 radical (unpaired) electrons. The number of aromatic nitrogens is 3. The molecule has 0 unspecified atom stereocenters. The third-order valence-corrected chi connectivity index (χ3v) is 6.41. The molecule has 6 heteroatoms. The maximum atomic E-state index is 6.74. The first-order valence-corrected chi connectivity index (χ1v) is 11.3. The van der Waals surface area contributed by atoms with Gasteiger partial charge in [0.2, 0.25) is 5.13 Å². The Kier molecular flexibility index (Phi) is 5.32. The fourth-order valence-electron chi connectivity index (χ4n) is 3.41. The third-order valence-electron chi connectivity index (χ3n) is 5.19. The van der Waals surface area contributed by atoms with Crippen molar-refractivity contribution >= 4 is 39.0 Å². The molecule has 28 heavy (non-hydrogen) atoms. The van der Waals surface area contributed by atoms with E-state index in [4.69, 9.17) is 16.6 Å². The van der Waals surface area contributed by atoms with Gasteiger partial charge in [0.15, 0.2) is 5.01 Å². The van der Waals surface area contributed by atoms with E-state index in [2.05, 4.69) is 55.3 Å². The number of nitrogens with zero attached hydrogens (tertiary/aromatic N) is 3. The van der Waals surface area contributed by atoms with Crippen molar-refractivity contribution < 1.29 is 0 Å². The summed E-state index contributed by atoms with van der Waals surface area (Å²) in [5, 5.41) is 15.4. The van der Waals surface area contributed by atoms with Gasteiger partial charge in [-0.05, 0) is 53.9 Å². The molecule has 1 fully saturated rings. The van der Waals surface area contributed by atoms with Crippen molar-refractivity contribution in [1.82, 2.24) is 15.2 Å². The lowest BCUT2D eigenvalue weighted by Gasteiger charge is -2.22. The second-order valence-electron chi connectivity index (χ2n) is 8.67. The van der Waals surface area contributed by atoms with Crippen LogP contribution in [0.15, 0.2) is 18.2 Å². The van der Waals surface area contributed by atoms with Gasteiger partial charge in [-0.1, -0.05) is 63.1 Å². The van der Waals surface area contributed by atoms with Crippen LogP contribution in [0.2, 0.25) is 5.02 Å². The molecule has 1 N–H and O–H groups in total. The maximum Gasteiger partial charge on any atom is 0.206 e. The highest BCUT2D eigenvalue weighted by molar-refractivity contribution is 7.18. The average molecular weight is 415 g/mol. The Morgan fingerprint density at radius 1 is 1.18 bits per heavy atom. The van der Waals surface area contributed by atoms with E-state index in [1.54, 1.807) is 0 Å². The molecule has 4 rings (SSSR count). The summed E-state index contributed by atoms with van der Waals surface area (Å²) in [6.45, 7) is 9.80. The molecule has 0 atom stereocenters. The molecule has 2 aromatic heterocycles. The minimum atomic E-state index is -0.00784. The number of nitrogens with one attached hydrogen (secondary N) is 1. The Morgan fingerprint density at radius 3 is 2.64 bits per heavy atom. The van der Waals surface area contributed by atoms with Crippen LogP contribution in [0.4, 0.5) is 5.13 Å². The fourth-order valence-corrected chi connectivity index (χ4v) is 4.39. The van der Waals surface area contributed by atoms with Crippen LogP contribution in [0.25, 0.3) is 21.6 Å². The summed E-state index contributed by atoms with van der Waals surface area (Å²) in [6.07, 6.45) is 4.82. The zero-order valence-corrected chi connectivity index (χ0v) is 18.5. The average Bonchev–Trinajstić information content (AvgIpc) is 3.39. The van der Waals surface area contributed by atoms with Crippen molar-refractivity contribution in [3.8, 4) is 10.7 Å². The smallest absolute Gasteiger partial charge is 0.206 e. The van der Waals surface area contributed by atoms with Crippen molar-refractivity contribution in [2.45, 2.75) is 64.7 Å². The molecule has 0 amide bonds. The minimum Gasteiger partial charge on any atom is -0.360 e. The molecule has 0 aliphatic heterocycles. The quantitative estimate of drug-likeness (QED) is 0.451. The molecule has 1 aromatic carbocycles. The fraction of sp³-hybridized carbons (Fsp3) is 0.500. The van der Waals surface area contributed by atoms with Gasteiger partial charge in [-0.3, -0.25) is 0 Å². The first kappa shape index (κ1) is 19.6. The lowest BCUT2D eigenvalue weighted by Crippen LogP contribution is -2.13. The van der Waals surface area contributed by atoms with Gasteiger partial charge in [0.1, 0.15) is 5.69 Å². The molecule has 0 saturated heterocycles. The van der Waals surface area contributed by atoms with Crippen LogP contribution in [-0.4, -0.2) is 21.7 Å². The van der Waals surface area contributed by atoms with E-state index >= 15 is 0 Å². The van der Waals surface area contributed by atoms with E-state index in [0.717, 1.165) is 51.1 Å². The number of benzene rings is 1. The first-order valence-electron chi connectivity index (χ1n) is 10.1. The standard InChI is InChI=1S/C22H27ClN4S/c1-5-6-9-24-21-27-26-20(28-21)18-12-17(23)15-10-14(13-7-8-13)11-16(19(15)25-18)22(2,3)4/h10-13H,5-9H2,1-4H3,(H,24,27). The molecular formula is C22H27ClN4S. The minimum absolute atomic E-state index is 0.00784. The van der Waals surface area contributed by atoms with Crippen LogP contribution >= 0.6 is 22.9 Å². The Balaban J connectivity index is 1.78. The van der Waals surface area contributed by atoms with Gasteiger partial charge >= 0.3 is 0 Å². The lowest BCUT2D eigenvalue weighted by atomic mass is 9.83. The van der Waals surface area contributed by atoms with Crippen LogP contribution in [0.5, 0.6) is 0 Å². The van der Waals surface area contributed by atoms with Crippen LogP contribution in [-0.2, 0) is 5.41 Å². The highest BCUT2D eigenvalue weighted by Crippen LogP contribution is 2.44. The van der Waals surface area contributed by atoms with E-state index in [9.17, 15) is 0 Å². The van der Waals surface area contributed by atoms with Gasteiger partial charge in [0, 0.05) is 11.9 Å². The number of unbranched alkanes of at least 4 members (excludes halogenated alkanes) is 1. The highest BCUT2D eigenvalue weighted by Gasteiger charge is 2.28. The number of fused-ring (bicyclic) bond motifs is 1. The lowest BCUT2D eigenvalue weighted by molar-refractivity contribution is 0.594. The molecule has 148 valence electrons. The molecule has 0 spiro atoms. The van der Waals surface area contributed by atoms with Crippen LogP contribution in [0.1, 0.15) is 70.4 Å². The van der Waals surface area contributed by atoms with Gasteiger partial charge in [-0.25, -0.2) is 4.98 Å². The summed E-state index contributed by atoms with van der Waals surface area (Å²) in [4.78, 5) is 5.00. The van der Waals surface area contributed by atoms with Gasteiger partial charge in [0.05, 0.1) is 10.5 Å².